The van der Waals surface area contributed by atoms with Crippen LogP contribution in [0.25, 0.3) is 0 Å². The molecule has 3 aromatic rings. The molecule has 9 nitrogen and oxygen atoms in total. The Morgan fingerprint density at radius 2 is 1.73 bits per heavy atom. The Labute approximate surface area is 216 Å². The molecule has 0 radical (unpaired) electrons. The van der Waals surface area contributed by atoms with Crippen molar-refractivity contribution in [1.29, 1.82) is 5.26 Å². The smallest absolute Gasteiger partial charge is 0.259 e. The van der Waals surface area contributed by atoms with E-state index in [1.807, 2.05) is 36.4 Å². The Morgan fingerprint density at radius 1 is 1.05 bits per heavy atom. The van der Waals surface area contributed by atoms with Gasteiger partial charge in [0.1, 0.15) is 5.82 Å². The molecular formula is C28H29N5O4. The number of anilines is 1. The van der Waals surface area contributed by atoms with Crippen LogP contribution in [0.2, 0.25) is 0 Å². The average molecular weight is 500 g/mol. The van der Waals surface area contributed by atoms with Crippen LogP contribution in [-0.2, 0) is 0 Å². The second kappa shape index (κ2) is 11.0. The molecule has 9 heteroatoms. The van der Waals surface area contributed by atoms with Gasteiger partial charge in [-0.2, -0.15) is 5.26 Å². The third-order valence-corrected chi connectivity index (χ3v) is 6.80. The van der Waals surface area contributed by atoms with Gasteiger partial charge in [-0.25, -0.2) is 4.98 Å². The van der Waals surface area contributed by atoms with Gasteiger partial charge in [0.05, 0.1) is 11.6 Å². The van der Waals surface area contributed by atoms with Crippen LogP contribution in [0.1, 0.15) is 22.8 Å². The molecule has 0 saturated carbocycles. The first-order chi connectivity index (χ1) is 18.0. The lowest BCUT2D eigenvalue weighted by atomic mass is 10.1. The molecule has 2 aromatic carbocycles. The summed E-state index contributed by atoms with van der Waals surface area (Å²) in [5.41, 5.74) is 1.01. The number of para-hydroxylation sites is 2. The van der Waals surface area contributed by atoms with Crippen molar-refractivity contribution < 1.29 is 19.4 Å². The minimum atomic E-state index is -1.07. The fourth-order valence-corrected chi connectivity index (χ4v) is 4.73. The zero-order valence-electron chi connectivity index (χ0n) is 20.6. The summed E-state index contributed by atoms with van der Waals surface area (Å²) in [5, 5.41) is 19.6. The van der Waals surface area contributed by atoms with E-state index in [1.54, 1.807) is 41.4 Å². The third kappa shape index (κ3) is 5.42. The highest BCUT2D eigenvalue weighted by Gasteiger charge is 2.37. The van der Waals surface area contributed by atoms with Crippen LogP contribution >= 0.6 is 0 Å². The number of rotatable bonds is 6. The fourth-order valence-electron chi connectivity index (χ4n) is 4.73. The van der Waals surface area contributed by atoms with Crippen LogP contribution in [0.4, 0.5) is 5.82 Å². The minimum absolute atomic E-state index is 0.0562. The lowest BCUT2D eigenvalue weighted by molar-refractivity contribution is -0.176. The molecule has 1 fully saturated rings. The molecule has 1 aromatic heterocycles. The van der Waals surface area contributed by atoms with Gasteiger partial charge in [0.2, 0.25) is 12.5 Å². The van der Waals surface area contributed by atoms with Gasteiger partial charge in [0.25, 0.3) is 5.91 Å². The first-order valence-corrected chi connectivity index (χ1v) is 12.3. The maximum atomic E-state index is 13.5. The number of benzene rings is 2. The first kappa shape index (κ1) is 24.7. The number of aromatic nitrogens is 1. The van der Waals surface area contributed by atoms with Gasteiger partial charge in [-0.1, -0.05) is 18.2 Å². The average Bonchev–Trinajstić information content (AvgIpc) is 2.95. The maximum Gasteiger partial charge on any atom is 0.259 e. The van der Waals surface area contributed by atoms with Gasteiger partial charge < -0.3 is 14.6 Å². The molecule has 5 rings (SSSR count). The van der Waals surface area contributed by atoms with Crippen molar-refractivity contribution in [3.63, 3.8) is 0 Å². The van der Waals surface area contributed by atoms with Gasteiger partial charge in [0, 0.05) is 50.5 Å². The molecule has 1 N–H and O–H groups in total. The molecule has 0 spiro atoms. The van der Waals surface area contributed by atoms with E-state index in [0.29, 0.717) is 48.1 Å². The molecule has 0 aliphatic carbocycles. The molecule has 2 aliphatic rings. The van der Waals surface area contributed by atoms with Crippen LogP contribution in [0.15, 0.2) is 72.9 Å². The number of nitriles is 1. The summed E-state index contributed by atoms with van der Waals surface area (Å²) in [6.07, 6.45) is 0.0342. The van der Waals surface area contributed by atoms with Gasteiger partial charge in [-0.3, -0.25) is 19.5 Å². The van der Waals surface area contributed by atoms with E-state index in [-0.39, 0.29) is 11.9 Å². The number of ether oxygens (including phenoxy) is 2. The van der Waals surface area contributed by atoms with E-state index >= 15 is 0 Å². The van der Waals surface area contributed by atoms with E-state index in [0.717, 1.165) is 13.1 Å². The van der Waals surface area contributed by atoms with Gasteiger partial charge >= 0.3 is 0 Å². The second-order valence-electron chi connectivity index (χ2n) is 9.18. The predicted molar refractivity (Wildman–Crippen MR) is 137 cm³/mol. The lowest BCUT2D eigenvalue weighted by Gasteiger charge is -2.44. The van der Waals surface area contributed by atoms with Crippen molar-refractivity contribution in [3.8, 4) is 17.6 Å². The monoisotopic (exact) mass is 499 g/mol. The highest BCUT2D eigenvalue weighted by molar-refractivity contribution is 6.05. The van der Waals surface area contributed by atoms with Crippen LogP contribution in [0.3, 0.4) is 0 Å². The molecule has 2 unspecified atom stereocenters. The summed E-state index contributed by atoms with van der Waals surface area (Å²) in [7, 11) is 0. The van der Waals surface area contributed by atoms with E-state index in [1.165, 1.54) is 0 Å². The zero-order valence-corrected chi connectivity index (χ0v) is 20.6. The second-order valence-corrected chi connectivity index (χ2v) is 9.18. The molecule has 1 amide bonds. The van der Waals surface area contributed by atoms with E-state index in [2.05, 4.69) is 27.8 Å². The zero-order chi connectivity index (χ0) is 25.8. The van der Waals surface area contributed by atoms with Crippen molar-refractivity contribution in [1.82, 2.24) is 14.8 Å². The number of carbonyl (C=O) groups is 1. The molecule has 3 heterocycles. The van der Waals surface area contributed by atoms with Crippen LogP contribution in [-0.4, -0.2) is 77.1 Å². The first-order valence-electron chi connectivity index (χ1n) is 12.3. The third-order valence-electron chi connectivity index (χ3n) is 6.80. The van der Waals surface area contributed by atoms with Crippen molar-refractivity contribution in [2.24, 2.45) is 0 Å². The number of hydrogen-bond acceptors (Lipinski definition) is 8. The Kier molecular flexibility index (Phi) is 7.32. The largest absolute Gasteiger partial charge is 0.464 e. The number of nitrogens with zero attached hydrogens (tertiary/aromatic N) is 5. The number of hydrogen-bond donors (Lipinski definition) is 1. The molecular weight excluding hydrogens is 470 g/mol. The topological polar surface area (TPSA) is 102 Å². The Hall–Kier alpha value is -3.97. The SMILES string of the molecule is C[C@H](CN(C(=O)c1ccc(C#N)cc1)c1ccccn1)N1CCN(C2Oc3ccccc3OC2O)CC1. The molecule has 0 bridgehead atoms. The normalized spacial score (nSPS) is 20.6. The lowest BCUT2D eigenvalue weighted by Crippen LogP contribution is -2.60. The maximum absolute atomic E-state index is 13.5. The Morgan fingerprint density at radius 3 is 2.38 bits per heavy atom. The van der Waals surface area contributed by atoms with Crippen molar-refractivity contribution in [2.75, 3.05) is 37.6 Å². The molecule has 1 saturated heterocycles. The van der Waals surface area contributed by atoms with E-state index < -0.39 is 12.5 Å². The number of amides is 1. The number of pyridine rings is 1. The number of piperazine rings is 1. The summed E-state index contributed by atoms with van der Waals surface area (Å²) < 4.78 is 11.7. The summed E-state index contributed by atoms with van der Waals surface area (Å²) in [6.45, 7) is 5.42. The molecule has 37 heavy (non-hydrogen) atoms. The van der Waals surface area contributed by atoms with Crippen molar-refractivity contribution >= 4 is 11.7 Å². The molecule has 3 atom stereocenters. The van der Waals surface area contributed by atoms with Crippen LogP contribution in [0, 0.1) is 11.3 Å². The van der Waals surface area contributed by atoms with E-state index in [4.69, 9.17) is 14.7 Å². The molecule has 190 valence electrons. The number of carbonyl (C=O) groups excluding carboxylic acids is 1. The number of fused-ring (bicyclic) bond motifs is 1. The summed E-state index contributed by atoms with van der Waals surface area (Å²) in [6, 6.07) is 21.6. The Bertz CT molecular complexity index is 1260. The van der Waals surface area contributed by atoms with Crippen molar-refractivity contribution in [2.45, 2.75) is 25.5 Å². The number of aliphatic hydroxyl groups is 1. The summed E-state index contributed by atoms with van der Waals surface area (Å²) >= 11 is 0. The van der Waals surface area contributed by atoms with Gasteiger partial charge in [-0.15, -0.1) is 0 Å². The van der Waals surface area contributed by atoms with Crippen molar-refractivity contribution in [3.05, 3.63) is 84.1 Å². The van der Waals surface area contributed by atoms with Gasteiger partial charge in [0.15, 0.2) is 11.5 Å². The van der Waals surface area contributed by atoms with Crippen LogP contribution < -0.4 is 14.4 Å². The van der Waals surface area contributed by atoms with E-state index in [9.17, 15) is 9.90 Å². The predicted octanol–water partition coefficient (Wildman–Crippen LogP) is 2.72. The van der Waals surface area contributed by atoms with Crippen LogP contribution in [0.5, 0.6) is 11.5 Å². The van der Waals surface area contributed by atoms with Gasteiger partial charge in [-0.05, 0) is 55.5 Å². The minimum Gasteiger partial charge on any atom is -0.464 e. The standard InChI is InChI=1S/C28H29N5O4/c1-20(19-33(25-8-4-5-13-30-25)26(34)22-11-9-21(18-29)10-12-22)31-14-16-32(17-15-31)27-28(35)37-24-7-3-2-6-23(24)36-27/h2-13,20,27-28,35H,14-17,19H2,1H3/t20-,27?,28?/m1/s1. The molecule has 2 aliphatic heterocycles. The highest BCUT2D eigenvalue weighted by Crippen LogP contribution is 2.34. The number of aliphatic hydroxyl groups excluding tert-OH is 1. The summed E-state index contributed by atoms with van der Waals surface area (Å²) in [4.78, 5) is 24.0. The Balaban J connectivity index is 1.24. The fraction of sp³-hybridized carbons (Fsp3) is 0.321. The quantitative estimate of drug-likeness (QED) is 0.553. The summed E-state index contributed by atoms with van der Waals surface area (Å²) in [5.74, 6) is 1.58. The highest BCUT2D eigenvalue weighted by atomic mass is 16.7.